The van der Waals surface area contributed by atoms with E-state index in [0.29, 0.717) is 23.0 Å². The summed E-state index contributed by atoms with van der Waals surface area (Å²) in [5.74, 6) is 0.678. The average Bonchev–Trinajstić information content (AvgIpc) is 2.38. The van der Waals surface area contributed by atoms with Crippen LogP contribution < -0.4 is 10.1 Å². The number of hydrogen-bond donors (Lipinski definition) is 2. The van der Waals surface area contributed by atoms with Gasteiger partial charge in [-0.15, -0.1) is 0 Å². The minimum atomic E-state index is 0.0716. The van der Waals surface area contributed by atoms with Gasteiger partial charge in [0.1, 0.15) is 5.75 Å². The second-order valence-corrected chi connectivity index (χ2v) is 4.17. The predicted octanol–water partition coefficient (Wildman–Crippen LogP) is 1.65. The summed E-state index contributed by atoms with van der Waals surface area (Å²) in [5, 5.41) is 20.5. The Hall–Kier alpha value is -1.71. The standard InChI is InChI=1S/C12H15N3O2S/c1-17-11-6-9(3-4-16)5-10(7-11)15-12(18-2)14-8-13/h5-7,16H,3-4H2,1-2H3,(H,14,15). The van der Waals surface area contributed by atoms with Crippen molar-refractivity contribution in [2.75, 3.05) is 20.0 Å². The summed E-state index contributed by atoms with van der Waals surface area (Å²) >= 11 is 1.35. The maximum atomic E-state index is 8.95. The molecule has 18 heavy (non-hydrogen) atoms. The van der Waals surface area contributed by atoms with Gasteiger partial charge in [0.25, 0.3) is 0 Å². The van der Waals surface area contributed by atoms with Crippen LogP contribution in [0.4, 0.5) is 5.69 Å². The first-order chi connectivity index (χ1) is 8.73. The first-order valence-electron chi connectivity index (χ1n) is 5.30. The molecule has 1 aromatic carbocycles. The van der Waals surface area contributed by atoms with Crippen LogP contribution in [-0.4, -0.2) is 30.2 Å². The number of nitrogens with zero attached hydrogens (tertiary/aromatic N) is 2. The van der Waals surface area contributed by atoms with E-state index >= 15 is 0 Å². The first kappa shape index (κ1) is 14.4. The molecule has 0 aliphatic heterocycles. The summed E-state index contributed by atoms with van der Waals surface area (Å²) in [6.45, 7) is 0.0716. The number of aliphatic hydroxyl groups excluding tert-OH is 1. The van der Waals surface area contributed by atoms with E-state index in [1.54, 1.807) is 13.2 Å². The number of thioether (sulfide) groups is 1. The third kappa shape index (κ3) is 4.28. The molecule has 1 rings (SSSR count). The topological polar surface area (TPSA) is 77.6 Å². The van der Waals surface area contributed by atoms with Crippen molar-refractivity contribution in [2.24, 2.45) is 4.99 Å². The highest BCUT2D eigenvalue weighted by Gasteiger charge is 2.02. The Balaban J connectivity index is 3.07. The zero-order valence-corrected chi connectivity index (χ0v) is 11.1. The van der Waals surface area contributed by atoms with E-state index in [-0.39, 0.29) is 6.61 Å². The monoisotopic (exact) mass is 265 g/mol. The van der Waals surface area contributed by atoms with Crippen LogP contribution >= 0.6 is 11.8 Å². The number of nitriles is 1. The van der Waals surface area contributed by atoms with E-state index in [0.717, 1.165) is 5.56 Å². The number of rotatable bonds is 4. The van der Waals surface area contributed by atoms with Crippen LogP contribution in [0.2, 0.25) is 0 Å². The van der Waals surface area contributed by atoms with Gasteiger partial charge in [0.05, 0.1) is 12.8 Å². The van der Waals surface area contributed by atoms with Gasteiger partial charge in [0.2, 0.25) is 0 Å². The summed E-state index contributed by atoms with van der Waals surface area (Å²) < 4.78 is 5.17. The number of amidine groups is 1. The second-order valence-electron chi connectivity index (χ2n) is 3.37. The molecule has 0 amide bonds. The lowest BCUT2D eigenvalue weighted by Crippen LogP contribution is -2.12. The van der Waals surface area contributed by atoms with Crippen molar-refractivity contribution < 1.29 is 9.84 Å². The number of aliphatic hydroxyl groups is 1. The summed E-state index contributed by atoms with van der Waals surface area (Å²) in [7, 11) is 1.58. The van der Waals surface area contributed by atoms with Gasteiger partial charge >= 0.3 is 0 Å². The Bertz CT molecular complexity index is 469. The van der Waals surface area contributed by atoms with Crippen molar-refractivity contribution in [3.05, 3.63) is 23.8 Å². The lowest BCUT2D eigenvalue weighted by atomic mass is 10.1. The van der Waals surface area contributed by atoms with Crippen LogP contribution in [0.3, 0.4) is 0 Å². The number of methoxy groups -OCH3 is 1. The quantitative estimate of drug-likeness (QED) is 0.374. The molecule has 2 N–H and O–H groups in total. The van der Waals surface area contributed by atoms with Crippen LogP contribution in [0, 0.1) is 11.5 Å². The first-order valence-corrected chi connectivity index (χ1v) is 6.52. The molecule has 1 aromatic rings. The van der Waals surface area contributed by atoms with Gasteiger partial charge in [-0.3, -0.25) is 5.32 Å². The van der Waals surface area contributed by atoms with Crippen molar-refractivity contribution in [2.45, 2.75) is 6.42 Å². The highest BCUT2D eigenvalue weighted by atomic mass is 32.2. The molecule has 5 nitrogen and oxygen atoms in total. The van der Waals surface area contributed by atoms with Gasteiger partial charge < -0.3 is 9.84 Å². The summed E-state index contributed by atoms with van der Waals surface area (Å²) in [4.78, 5) is 4.30. The van der Waals surface area contributed by atoms with Gasteiger partial charge in [-0.2, -0.15) is 5.26 Å². The highest BCUT2D eigenvalue weighted by molar-refractivity contribution is 8.13. The molecule has 0 atom stereocenters. The van der Waals surface area contributed by atoms with Crippen molar-refractivity contribution in [1.82, 2.24) is 5.32 Å². The molecule has 0 aliphatic carbocycles. The Labute approximate surface area is 110 Å². The highest BCUT2D eigenvalue weighted by Crippen LogP contribution is 2.24. The van der Waals surface area contributed by atoms with E-state index in [4.69, 9.17) is 15.1 Å². The Morgan fingerprint density at radius 3 is 2.89 bits per heavy atom. The number of hydrogen-bond acceptors (Lipinski definition) is 5. The van der Waals surface area contributed by atoms with E-state index in [2.05, 4.69) is 10.3 Å². The molecule has 0 aliphatic rings. The van der Waals surface area contributed by atoms with Crippen molar-refractivity contribution in [3.8, 4) is 11.9 Å². The fourth-order valence-corrected chi connectivity index (χ4v) is 1.73. The Morgan fingerprint density at radius 2 is 2.33 bits per heavy atom. The van der Waals surface area contributed by atoms with Crippen molar-refractivity contribution in [3.63, 3.8) is 0 Å². The number of nitrogens with one attached hydrogen (secondary N) is 1. The minimum Gasteiger partial charge on any atom is -0.497 e. The summed E-state index contributed by atoms with van der Waals surface area (Å²) in [5.41, 5.74) is 1.62. The fraction of sp³-hybridized carbons (Fsp3) is 0.333. The largest absolute Gasteiger partial charge is 0.497 e. The Kier molecular flexibility index (Phi) is 6.05. The predicted molar refractivity (Wildman–Crippen MR) is 73.1 cm³/mol. The van der Waals surface area contributed by atoms with Crippen LogP contribution in [-0.2, 0) is 6.42 Å². The zero-order chi connectivity index (χ0) is 13.4. The maximum absolute atomic E-state index is 8.95. The molecule has 0 heterocycles. The van der Waals surface area contributed by atoms with Crippen LogP contribution in [0.1, 0.15) is 5.56 Å². The zero-order valence-electron chi connectivity index (χ0n) is 10.3. The van der Waals surface area contributed by atoms with Gasteiger partial charge in [0, 0.05) is 12.7 Å². The number of benzene rings is 1. The van der Waals surface area contributed by atoms with Gasteiger partial charge in [-0.1, -0.05) is 11.8 Å². The van der Waals surface area contributed by atoms with Gasteiger partial charge in [-0.25, -0.2) is 4.99 Å². The third-order valence-electron chi connectivity index (χ3n) is 2.17. The fourth-order valence-electron chi connectivity index (χ4n) is 1.39. The van der Waals surface area contributed by atoms with E-state index in [1.807, 2.05) is 24.6 Å². The van der Waals surface area contributed by atoms with Crippen molar-refractivity contribution in [1.29, 1.82) is 5.26 Å². The molecule has 96 valence electrons. The van der Waals surface area contributed by atoms with Crippen molar-refractivity contribution >= 4 is 22.6 Å². The Morgan fingerprint density at radius 1 is 1.56 bits per heavy atom. The number of ether oxygens (including phenoxy) is 1. The van der Waals surface area contributed by atoms with E-state index < -0.39 is 0 Å². The molecule has 0 saturated heterocycles. The molecular weight excluding hydrogens is 250 g/mol. The smallest absolute Gasteiger partial charge is 0.183 e. The molecule has 0 aromatic heterocycles. The lowest BCUT2D eigenvalue weighted by Gasteiger charge is -2.06. The molecule has 0 saturated carbocycles. The molecule has 6 heteroatoms. The van der Waals surface area contributed by atoms with Crippen LogP contribution in [0.15, 0.2) is 23.2 Å². The molecule has 0 fully saturated rings. The van der Waals surface area contributed by atoms with Crippen LogP contribution in [0.5, 0.6) is 5.75 Å². The molecule has 0 spiro atoms. The minimum absolute atomic E-state index is 0.0716. The van der Waals surface area contributed by atoms with E-state index in [9.17, 15) is 0 Å². The number of aliphatic imine (C=N–C) groups is 1. The summed E-state index contributed by atoms with van der Waals surface area (Å²) in [6, 6.07) is 5.48. The lowest BCUT2D eigenvalue weighted by molar-refractivity contribution is 0.299. The SMILES string of the molecule is COc1cc(CCO)cc(N=C(NC#N)SC)c1. The van der Waals surface area contributed by atoms with Crippen LogP contribution in [0.25, 0.3) is 0 Å². The summed E-state index contributed by atoms with van der Waals surface area (Å²) in [6.07, 6.45) is 4.21. The van der Waals surface area contributed by atoms with Gasteiger partial charge in [-0.05, 0) is 30.4 Å². The molecule has 0 unspecified atom stereocenters. The molecule has 0 bridgehead atoms. The molecular formula is C12H15N3O2S. The van der Waals surface area contributed by atoms with E-state index in [1.165, 1.54) is 11.8 Å². The molecule has 0 radical (unpaired) electrons. The second kappa shape index (κ2) is 7.58. The maximum Gasteiger partial charge on any atom is 0.183 e. The third-order valence-corrected chi connectivity index (χ3v) is 2.75. The average molecular weight is 265 g/mol. The van der Waals surface area contributed by atoms with Gasteiger partial charge in [0.15, 0.2) is 11.4 Å². The normalized spacial score (nSPS) is 10.9.